The van der Waals surface area contributed by atoms with Gasteiger partial charge in [-0.1, -0.05) is 6.92 Å². The van der Waals surface area contributed by atoms with Crippen LogP contribution >= 0.6 is 11.3 Å². The number of aromatic nitrogens is 3. The van der Waals surface area contributed by atoms with Crippen LogP contribution in [0.15, 0.2) is 24.8 Å². The van der Waals surface area contributed by atoms with Crippen LogP contribution in [0, 0.1) is 6.92 Å². The lowest BCUT2D eigenvalue weighted by molar-refractivity contribution is 0.0669. The molecule has 0 bridgehead atoms. The molecule has 2 aromatic heterocycles. The summed E-state index contributed by atoms with van der Waals surface area (Å²) in [5.41, 5.74) is 0.504. The Morgan fingerprint density at radius 2 is 2.00 bits per heavy atom. The van der Waals surface area contributed by atoms with Crippen molar-refractivity contribution >= 4 is 17.2 Å². The van der Waals surface area contributed by atoms with Gasteiger partial charge in [-0.25, -0.2) is 9.97 Å². The van der Waals surface area contributed by atoms with Crippen molar-refractivity contribution in [3.63, 3.8) is 0 Å². The van der Waals surface area contributed by atoms with Gasteiger partial charge in [-0.15, -0.1) is 11.3 Å². The number of carbonyl (C=O) groups excluding carboxylic acids is 1. The van der Waals surface area contributed by atoms with E-state index in [0.29, 0.717) is 5.69 Å². The van der Waals surface area contributed by atoms with Gasteiger partial charge in [-0.2, -0.15) is 0 Å². The SMILES string of the molecule is Cc1cnc(C2(C)CCN(C(=O)c3cnccn3)CC2)s1. The number of rotatable bonds is 2. The van der Waals surface area contributed by atoms with E-state index in [1.54, 1.807) is 23.7 Å². The van der Waals surface area contributed by atoms with E-state index >= 15 is 0 Å². The van der Waals surface area contributed by atoms with Crippen LogP contribution in [0.25, 0.3) is 0 Å². The molecule has 0 aliphatic carbocycles. The first-order chi connectivity index (χ1) is 10.1. The lowest BCUT2D eigenvalue weighted by atomic mass is 9.81. The van der Waals surface area contributed by atoms with Gasteiger partial charge in [0.1, 0.15) is 5.69 Å². The third kappa shape index (κ3) is 2.81. The highest BCUT2D eigenvalue weighted by Gasteiger charge is 2.35. The summed E-state index contributed by atoms with van der Waals surface area (Å²) in [7, 11) is 0. The molecule has 1 amide bonds. The van der Waals surface area contributed by atoms with Crippen LogP contribution in [0.2, 0.25) is 0 Å². The largest absolute Gasteiger partial charge is 0.337 e. The molecule has 5 nitrogen and oxygen atoms in total. The smallest absolute Gasteiger partial charge is 0.274 e. The molecule has 21 heavy (non-hydrogen) atoms. The molecular weight excluding hydrogens is 284 g/mol. The molecule has 0 radical (unpaired) electrons. The molecular formula is C15H18N4OS. The molecule has 2 aromatic rings. The van der Waals surface area contributed by atoms with E-state index < -0.39 is 0 Å². The fourth-order valence-electron chi connectivity index (χ4n) is 2.62. The maximum absolute atomic E-state index is 12.4. The van der Waals surface area contributed by atoms with Gasteiger partial charge in [0.05, 0.1) is 11.2 Å². The number of carbonyl (C=O) groups is 1. The molecule has 3 heterocycles. The summed E-state index contributed by atoms with van der Waals surface area (Å²) in [6.45, 7) is 5.81. The second kappa shape index (κ2) is 5.52. The van der Waals surface area contributed by atoms with Crippen LogP contribution in [0.3, 0.4) is 0 Å². The van der Waals surface area contributed by atoms with Gasteiger partial charge in [0, 0.05) is 42.0 Å². The van der Waals surface area contributed by atoms with Crippen molar-refractivity contribution in [3.8, 4) is 0 Å². The fraction of sp³-hybridized carbons (Fsp3) is 0.467. The molecule has 0 aromatic carbocycles. The van der Waals surface area contributed by atoms with E-state index in [2.05, 4.69) is 28.8 Å². The Bertz CT molecular complexity index is 632. The molecule has 1 aliphatic rings. The molecule has 6 heteroatoms. The van der Waals surface area contributed by atoms with Gasteiger partial charge in [0.2, 0.25) is 0 Å². The number of amides is 1. The zero-order valence-electron chi connectivity index (χ0n) is 12.2. The Morgan fingerprint density at radius 3 is 2.57 bits per heavy atom. The minimum absolute atomic E-state index is 0.0273. The Kier molecular flexibility index (Phi) is 3.71. The molecule has 0 atom stereocenters. The zero-order valence-corrected chi connectivity index (χ0v) is 13.1. The Balaban J connectivity index is 1.69. The zero-order chi connectivity index (χ0) is 14.9. The monoisotopic (exact) mass is 302 g/mol. The maximum atomic E-state index is 12.4. The first kappa shape index (κ1) is 14.1. The molecule has 110 valence electrons. The lowest BCUT2D eigenvalue weighted by Gasteiger charge is -2.38. The van der Waals surface area contributed by atoms with E-state index in [1.165, 1.54) is 16.1 Å². The highest BCUT2D eigenvalue weighted by molar-refractivity contribution is 7.11. The number of nitrogens with zero attached hydrogens (tertiary/aromatic N) is 4. The second-order valence-electron chi connectivity index (χ2n) is 5.72. The average molecular weight is 302 g/mol. The van der Waals surface area contributed by atoms with Crippen molar-refractivity contribution in [3.05, 3.63) is 40.4 Å². The lowest BCUT2D eigenvalue weighted by Crippen LogP contribution is -2.44. The van der Waals surface area contributed by atoms with Gasteiger partial charge in [-0.05, 0) is 19.8 Å². The number of likely N-dealkylation sites (tertiary alicyclic amines) is 1. The van der Waals surface area contributed by atoms with Crippen LogP contribution in [0.5, 0.6) is 0 Å². The van der Waals surface area contributed by atoms with Crippen molar-refractivity contribution in [2.75, 3.05) is 13.1 Å². The molecule has 0 N–H and O–H groups in total. The number of hydrogen-bond acceptors (Lipinski definition) is 5. The van der Waals surface area contributed by atoms with Crippen molar-refractivity contribution < 1.29 is 4.79 Å². The minimum Gasteiger partial charge on any atom is -0.337 e. The third-order valence-electron chi connectivity index (χ3n) is 4.07. The minimum atomic E-state index is -0.0273. The van der Waals surface area contributed by atoms with Crippen molar-refractivity contribution in [1.82, 2.24) is 19.9 Å². The first-order valence-electron chi connectivity index (χ1n) is 7.07. The van der Waals surface area contributed by atoms with E-state index in [1.807, 2.05) is 11.1 Å². The number of hydrogen-bond donors (Lipinski definition) is 0. The van der Waals surface area contributed by atoms with Gasteiger partial charge in [0.25, 0.3) is 5.91 Å². The second-order valence-corrected chi connectivity index (χ2v) is 6.95. The summed E-state index contributed by atoms with van der Waals surface area (Å²) in [6, 6.07) is 0. The van der Waals surface area contributed by atoms with E-state index in [9.17, 15) is 4.79 Å². The average Bonchev–Trinajstić information content (AvgIpc) is 2.96. The van der Waals surface area contributed by atoms with Gasteiger partial charge < -0.3 is 4.90 Å². The Labute approximate surface area is 128 Å². The van der Waals surface area contributed by atoms with Gasteiger partial charge in [0.15, 0.2) is 0 Å². The van der Waals surface area contributed by atoms with E-state index in [-0.39, 0.29) is 11.3 Å². The summed E-state index contributed by atoms with van der Waals surface area (Å²) in [4.78, 5) is 28.1. The van der Waals surface area contributed by atoms with Crippen molar-refractivity contribution in [2.24, 2.45) is 0 Å². The Hall–Kier alpha value is -1.82. The number of piperidine rings is 1. The highest BCUT2D eigenvalue weighted by atomic mass is 32.1. The van der Waals surface area contributed by atoms with Crippen LogP contribution in [0.4, 0.5) is 0 Å². The molecule has 3 rings (SSSR count). The molecule has 1 fully saturated rings. The van der Waals surface area contributed by atoms with Crippen LogP contribution in [-0.2, 0) is 5.41 Å². The molecule has 1 aliphatic heterocycles. The maximum Gasteiger partial charge on any atom is 0.274 e. The Morgan fingerprint density at radius 1 is 1.24 bits per heavy atom. The fourth-order valence-corrected chi connectivity index (χ4v) is 3.59. The highest BCUT2D eigenvalue weighted by Crippen LogP contribution is 2.37. The number of thiazole rings is 1. The summed E-state index contributed by atoms with van der Waals surface area (Å²) in [5.74, 6) is -0.0273. The van der Waals surface area contributed by atoms with Crippen LogP contribution in [-0.4, -0.2) is 38.8 Å². The standard InChI is InChI=1S/C15H18N4OS/c1-11-9-18-14(21-11)15(2)3-7-19(8-4-15)13(20)12-10-16-5-6-17-12/h5-6,9-10H,3-4,7-8H2,1-2H3. The summed E-state index contributed by atoms with van der Waals surface area (Å²) < 4.78 is 0. The topological polar surface area (TPSA) is 59.0 Å². The normalized spacial score (nSPS) is 17.7. The third-order valence-corrected chi connectivity index (χ3v) is 5.29. The predicted molar refractivity (Wildman–Crippen MR) is 81.4 cm³/mol. The summed E-state index contributed by atoms with van der Waals surface area (Å²) >= 11 is 1.76. The van der Waals surface area contributed by atoms with Crippen molar-refractivity contribution in [2.45, 2.75) is 32.1 Å². The summed E-state index contributed by atoms with van der Waals surface area (Å²) in [6.07, 6.45) is 8.47. The summed E-state index contributed by atoms with van der Waals surface area (Å²) in [5, 5.41) is 1.19. The molecule has 0 unspecified atom stereocenters. The van der Waals surface area contributed by atoms with Crippen LogP contribution < -0.4 is 0 Å². The first-order valence-corrected chi connectivity index (χ1v) is 7.88. The quantitative estimate of drug-likeness (QED) is 0.855. The molecule has 1 saturated heterocycles. The van der Waals surface area contributed by atoms with Gasteiger partial charge in [-0.3, -0.25) is 9.78 Å². The van der Waals surface area contributed by atoms with E-state index in [4.69, 9.17) is 0 Å². The van der Waals surface area contributed by atoms with E-state index in [0.717, 1.165) is 25.9 Å². The molecule has 0 saturated carbocycles. The predicted octanol–water partition coefficient (Wildman–Crippen LogP) is 2.44. The van der Waals surface area contributed by atoms with Gasteiger partial charge >= 0.3 is 0 Å². The van der Waals surface area contributed by atoms with Crippen molar-refractivity contribution in [1.29, 1.82) is 0 Å². The molecule has 0 spiro atoms. The number of aryl methyl sites for hydroxylation is 1. The van der Waals surface area contributed by atoms with Crippen LogP contribution in [0.1, 0.15) is 40.1 Å².